The summed E-state index contributed by atoms with van der Waals surface area (Å²) in [4.78, 5) is 2.54. The Morgan fingerprint density at radius 1 is 1.11 bits per heavy atom. The number of likely N-dealkylation sites (tertiary alicyclic amines) is 1. The molecule has 1 saturated heterocycles. The molecule has 0 radical (unpaired) electrons. The quantitative estimate of drug-likeness (QED) is 0.822. The standard InChI is InChI=1S/C15H21FN2/c16-13-6-5-12-10-17-11-15(14(12)9-13)18-7-3-1-2-4-8-18/h5-6,9,15,17H,1-4,7-8,10-11H2/t15-/m1/s1. The molecule has 0 unspecified atom stereocenters. The van der Waals surface area contributed by atoms with Crippen molar-refractivity contribution in [3.63, 3.8) is 0 Å². The molecule has 0 amide bonds. The molecule has 1 fully saturated rings. The van der Waals surface area contributed by atoms with Crippen molar-refractivity contribution in [2.75, 3.05) is 19.6 Å². The van der Waals surface area contributed by atoms with Gasteiger partial charge in [-0.15, -0.1) is 0 Å². The number of nitrogens with zero attached hydrogens (tertiary/aromatic N) is 1. The van der Waals surface area contributed by atoms with Gasteiger partial charge in [0.25, 0.3) is 0 Å². The van der Waals surface area contributed by atoms with Gasteiger partial charge in [-0.1, -0.05) is 18.9 Å². The fourth-order valence-corrected chi connectivity index (χ4v) is 3.22. The monoisotopic (exact) mass is 248 g/mol. The van der Waals surface area contributed by atoms with E-state index >= 15 is 0 Å². The van der Waals surface area contributed by atoms with E-state index in [1.165, 1.54) is 36.8 Å². The van der Waals surface area contributed by atoms with Gasteiger partial charge in [0.2, 0.25) is 0 Å². The minimum absolute atomic E-state index is 0.101. The van der Waals surface area contributed by atoms with Crippen molar-refractivity contribution in [1.29, 1.82) is 0 Å². The Morgan fingerprint density at radius 2 is 1.89 bits per heavy atom. The molecule has 2 aliphatic rings. The predicted molar refractivity (Wildman–Crippen MR) is 70.9 cm³/mol. The summed E-state index contributed by atoms with van der Waals surface area (Å²) in [6.07, 6.45) is 5.24. The van der Waals surface area contributed by atoms with Crippen LogP contribution in [0.5, 0.6) is 0 Å². The normalized spacial score (nSPS) is 25.5. The maximum Gasteiger partial charge on any atom is 0.123 e. The second-order valence-electron chi connectivity index (χ2n) is 5.44. The summed E-state index contributed by atoms with van der Waals surface area (Å²) in [6.45, 7) is 4.14. The van der Waals surface area contributed by atoms with Gasteiger partial charge in [0, 0.05) is 19.1 Å². The zero-order valence-electron chi connectivity index (χ0n) is 10.8. The lowest BCUT2D eigenvalue weighted by molar-refractivity contribution is 0.191. The lowest BCUT2D eigenvalue weighted by Crippen LogP contribution is -2.40. The molecular formula is C15H21FN2. The van der Waals surface area contributed by atoms with Crippen molar-refractivity contribution >= 4 is 0 Å². The molecule has 2 aliphatic heterocycles. The van der Waals surface area contributed by atoms with Gasteiger partial charge in [-0.25, -0.2) is 4.39 Å². The maximum atomic E-state index is 13.5. The van der Waals surface area contributed by atoms with Gasteiger partial charge < -0.3 is 5.32 Å². The summed E-state index contributed by atoms with van der Waals surface area (Å²) in [5.74, 6) is -0.101. The molecule has 0 aromatic heterocycles. The first kappa shape index (κ1) is 12.1. The molecule has 2 heterocycles. The number of benzene rings is 1. The molecule has 2 nitrogen and oxygen atoms in total. The molecular weight excluding hydrogens is 227 g/mol. The average Bonchev–Trinajstić information content (AvgIpc) is 2.67. The van der Waals surface area contributed by atoms with Crippen molar-refractivity contribution in [3.05, 3.63) is 35.1 Å². The number of hydrogen-bond donors (Lipinski definition) is 1. The number of hydrogen-bond acceptors (Lipinski definition) is 2. The summed E-state index contributed by atoms with van der Waals surface area (Å²) in [6, 6.07) is 5.61. The van der Waals surface area contributed by atoms with Crippen molar-refractivity contribution in [3.8, 4) is 0 Å². The molecule has 0 saturated carbocycles. The Bertz CT molecular complexity index is 411. The van der Waals surface area contributed by atoms with Crippen LogP contribution in [0, 0.1) is 5.82 Å². The highest BCUT2D eigenvalue weighted by atomic mass is 19.1. The largest absolute Gasteiger partial charge is 0.311 e. The van der Waals surface area contributed by atoms with Crippen molar-refractivity contribution < 1.29 is 4.39 Å². The zero-order valence-corrected chi connectivity index (χ0v) is 10.8. The zero-order chi connectivity index (χ0) is 12.4. The van der Waals surface area contributed by atoms with Crippen LogP contribution in [0.3, 0.4) is 0 Å². The third-order valence-corrected chi connectivity index (χ3v) is 4.20. The van der Waals surface area contributed by atoms with Crippen LogP contribution < -0.4 is 5.32 Å². The molecule has 18 heavy (non-hydrogen) atoms. The lowest BCUT2D eigenvalue weighted by Gasteiger charge is -2.35. The van der Waals surface area contributed by atoms with Crippen LogP contribution in [-0.4, -0.2) is 24.5 Å². The molecule has 3 heteroatoms. The van der Waals surface area contributed by atoms with E-state index < -0.39 is 0 Å². The molecule has 98 valence electrons. The first-order valence-corrected chi connectivity index (χ1v) is 7.08. The Hall–Kier alpha value is -0.930. The molecule has 3 rings (SSSR count). The molecule has 0 spiro atoms. The number of rotatable bonds is 1. The molecule has 1 atom stereocenters. The first-order valence-electron chi connectivity index (χ1n) is 7.08. The topological polar surface area (TPSA) is 15.3 Å². The van der Waals surface area contributed by atoms with Gasteiger partial charge >= 0.3 is 0 Å². The van der Waals surface area contributed by atoms with E-state index in [-0.39, 0.29) is 5.82 Å². The summed E-state index contributed by atoms with van der Waals surface area (Å²) < 4.78 is 13.5. The van der Waals surface area contributed by atoms with Crippen LogP contribution in [0.2, 0.25) is 0 Å². The Kier molecular flexibility index (Phi) is 3.62. The molecule has 0 aliphatic carbocycles. The SMILES string of the molecule is Fc1ccc2c(c1)[C@H](N1CCCCCC1)CNC2. The van der Waals surface area contributed by atoms with E-state index in [4.69, 9.17) is 0 Å². The van der Waals surface area contributed by atoms with E-state index in [1.807, 2.05) is 6.07 Å². The lowest BCUT2D eigenvalue weighted by atomic mass is 9.95. The highest BCUT2D eigenvalue weighted by molar-refractivity contribution is 5.33. The molecule has 0 bridgehead atoms. The minimum atomic E-state index is -0.101. The van der Waals surface area contributed by atoms with Crippen molar-refractivity contribution in [1.82, 2.24) is 10.2 Å². The fraction of sp³-hybridized carbons (Fsp3) is 0.600. The van der Waals surface area contributed by atoms with Gasteiger partial charge in [-0.3, -0.25) is 4.90 Å². The second-order valence-corrected chi connectivity index (χ2v) is 5.44. The van der Waals surface area contributed by atoms with Crippen LogP contribution in [0.15, 0.2) is 18.2 Å². The predicted octanol–water partition coefficient (Wildman–Crippen LogP) is 2.85. The van der Waals surface area contributed by atoms with Crippen molar-refractivity contribution in [2.24, 2.45) is 0 Å². The van der Waals surface area contributed by atoms with Gasteiger partial charge in [0.15, 0.2) is 0 Å². The fourth-order valence-electron chi connectivity index (χ4n) is 3.22. The third-order valence-electron chi connectivity index (χ3n) is 4.20. The Labute approximate surface area is 108 Å². The smallest absolute Gasteiger partial charge is 0.123 e. The third kappa shape index (κ3) is 2.43. The maximum absolute atomic E-state index is 13.5. The van der Waals surface area contributed by atoms with E-state index in [9.17, 15) is 4.39 Å². The molecule has 1 aromatic rings. The summed E-state index contributed by atoms with van der Waals surface area (Å²) >= 11 is 0. The van der Waals surface area contributed by atoms with Gasteiger partial charge in [-0.05, 0) is 49.2 Å². The number of nitrogens with one attached hydrogen (secondary N) is 1. The van der Waals surface area contributed by atoms with Gasteiger partial charge in [0.05, 0.1) is 0 Å². The highest BCUT2D eigenvalue weighted by Crippen LogP contribution is 2.29. The van der Waals surface area contributed by atoms with Crippen LogP contribution in [0.4, 0.5) is 4.39 Å². The summed E-state index contributed by atoms with van der Waals surface area (Å²) in [7, 11) is 0. The summed E-state index contributed by atoms with van der Waals surface area (Å²) in [5.41, 5.74) is 2.47. The molecule has 1 aromatic carbocycles. The van der Waals surface area contributed by atoms with E-state index in [0.717, 1.165) is 26.2 Å². The molecule has 1 N–H and O–H groups in total. The van der Waals surface area contributed by atoms with E-state index in [1.54, 1.807) is 12.1 Å². The van der Waals surface area contributed by atoms with Gasteiger partial charge in [-0.2, -0.15) is 0 Å². The van der Waals surface area contributed by atoms with Crippen molar-refractivity contribution in [2.45, 2.75) is 38.3 Å². The Morgan fingerprint density at radius 3 is 2.67 bits per heavy atom. The van der Waals surface area contributed by atoms with E-state index in [0.29, 0.717) is 6.04 Å². The second kappa shape index (κ2) is 5.37. The average molecular weight is 248 g/mol. The van der Waals surface area contributed by atoms with Crippen LogP contribution >= 0.6 is 0 Å². The first-order chi connectivity index (χ1) is 8.84. The van der Waals surface area contributed by atoms with E-state index in [2.05, 4.69) is 10.2 Å². The summed E-state index contributed by atoms with van der Waals surface area (Å²) in [5, 5.41) is 3.46. The highest BCUT2D eigenvalue weighted by Gasteiger charge is 2.26. The van der Waals surface area contributed by atoms with Crippen LogP contribution in [0.25, 0.3) is 0 Å². The van der Waals surface area contributed by atoms with Crippen LogP contribution in [-0.2, 0) is 6.54 Å². The van der Waals surface area contributed by atoms with Crippen LogP contribution in [0.1, 0.15) is 42.9 Å². The van der Waals surface area contributed by atoms with Gasteiger partial charge in [0.1, 0.15) is 5.82 Å². The minimum Gasteiger partial charge on any atom is -0.311 e. The Balaban J connectivity index is 1.87. The number of fused-ring (bicyclic) bond motifs is 1. The number of halogens is 1.